The summed E-state index contributed by atoms with van der Waals surface area (Å²) < 4.78 is 1.11. The van der Waals surface area contributed by atoms with Crippen LogP contribution in [0.25, 0.3) is 11.0 Å². The number of rotatable bonds is 5. The third kappa shape index (κ3) is 3.34. The molecular formula is C15H16BrN3S2. The average molecular weight is 382 g/mol. The highest BCUT2D eigenvalue weighted by molar-refractivity contribution is 9.10. The van der Waals surface area contributed by atoms with Crippen molar-refractivity contribution in [3.8, 4) is 0 Å². The number of halogens is 1. The Balaban J connectivity index is 1.90. The van der Waals surface area contributed by atoms with Gasteiger partial charge in [0.15, 0.2) is 5.16 Å². The van der Waals surface area contributed by atoms with Crippen molar-refractivity contribution >= 4 is 50.1 Å². The van der Waals surface area contributed by atoms with Crippen molar-refractivity contribution in [3.05, 3.63) is 45.1 Å². The van der Waals surface area contributed by atoms with Gasteiger partial charge < -0.3 is 10.7 Å². The van der Waals surface area contributed by atoms with Gasteiger partial charge in [0.2, 0.25) is 0 Å². The van der Waals surface area contributed by atoms with Crippen LogP contribution in [0.2, 0.25) is 0 Å². The number of H-pyrrole nitrogens is 1. The van der Waals surface area contributed by atoms with Crippen molar-refractivity contribution in [1.82, 2.24) is 9.97 Å². The van der Waals surface area contributed by atoms with Crippen molar-refractivity contribution < 1.29 is 0 Å². The minimum absolute atomic E-state index is 0.105. The number of hydrogen-bond acceptors (Lipinski definition) is 4. The molecule has 0 radical (unpaired) electrons. The summed E-state index contributed by atoms with van der Waals surface area (Å²) in [5.41, 5.74) is 8.39. The van der Waals surface area contributed by atoms with E-state index in [2.05, 4.69) is 44.3 Å². The number of aromatic amines is 1. The number of nitrogens with one attached hydrogen (secondary N) is 1. The molecule has 3 nitrogen and oxygen atoms in total. The number of aromatic nitrogens is 2. The largest absolute Gasteiger partial charge is 0.333 e. The van der Waals surface area contributed by atoms with E-state index in [-0.39, 0.29) is 11.3 Å². The van der Waals surface area contributed by atoms with Gasteiger partial charge in [-0.05, 0) is 40.5 Å². The van der Waals surface area contributed by atoms with Gasteiger partial charge in [0.05, 0.1) is 16.3 Å². The topological polar surface area (TPSA) is 54.7 Å². The lowest BCUT2D eigenvalue weighted by atomic mass is 10.1. The summed E-state index contributed by atoms with van der Waals surface area (Å²) in [6.45, 7) is 2.12. The van der Waals surface area contributed by atoms with Crippen molar-refractivity contribution in [2.24, 2.45) is 5.73 Å². The highest BCUT2D eigenvalue weighted by Gasteiger charge is 2.23. The zero-order valence-electron chi connectivity index (χ0n) is 11.5. The van der Waals surface area contributed by atoms with Gasteiger partial charge in [-0.25, -0.2) is 4.98 Å². The minimum Gasteiger partial charge on any atom is -0.333 e. The van der Waals surface area contributed by atoms with Crippen LogP contribution < -0.4 is 5.73 Å². The number of thiophene rings is 1. The van der Waals surface area contributed by atoms with Crippen molar-refractivity contribution in [1.29, 1.82) is 0 Å². The van der Waals surface area contributed by atoms with E-state index in [0.29, 0.717) is 0 Å². The van der Waals surface area contributed by atoms with Crippen LogP contribution in [0.5, 0.6) is 0 Å². The first-order valence-corrected chi connectivity index (χ1v) is 9.33. The first-order chi connectivity index (χ1) is 10.2. The van der Waals surface area contributed by atoms with E-state index in [9.17, 15) is 0 Å². The summed E-state index contributed by atoms with van der Waals surface area (Å²) in [6, 6.07) is 10.3. The first kappa shape index (κ1) is 15.1. The number of imidazole rings is 1. The third-order valence-corrected chi connectivity index (χ3v) is 6.53. The maximum Gasteiger partial charge on any atom is 0.167 e. The summed E-state index contributed by atoms with van der Waals surface area (Å²) in [6.07, 6.45) is 0.938. The molecule has 0 spiro atoms. The third-order valence-electron chi connectivity index (χ3n) is 3.33. The molecule has 1 aromatic carbocycles. The molecule has 110 valence electrons. The van der Waals surface area contributed by atoms with E-state index >= 15 is 0 Å². The summed E-state index contributed by atoms with van der Waals surface area (Å²) in [5, 5.41) is 3.24. The molecular weight excluding hydrogens is 366 g/mol. The molecule has 21 heavy (non-hydrogen) atoms. The predicted octanol–water partition coefficient (Wildman–Crippen LogP) is 4.96. The molecule has 3 aromatic rings. The molecule has 3 N–H and O–H groups in total. The van der Waals surface area contributed by atoms with Crippen LogP contribution in [0.3, 0.4) is 0 Å². The fourth-order valence-corrected chi connectivity index (χ4v) is 5.08. The lowest BCUT2D eigenvalue weighted by molar-refractivity contribution is 0.638. The molecule has 2 heterocycles. The van der Waals surface area contributed by atoms with Gasteiger partial charge in [0, 0.05) is 20.8 Å². The molecule has 0 saturated heterocycles. The number of nitrogens with zero attached hydrogens (tertiary/aromatic N) is 1. The van der Waals surface area contributed by atoms with Gasteiger partial charge in [-0.1, -0.05) is 30.8 Å². The fourth-order valence-electron chi connectivity index (χ4n) is 2.15. The molecule has 3 rings (SSSR count). The van der Waals surface area contributed by atoms with Gasteiger partial charge in [0.1, 0.15) is 0 Å². The Morgan fingerprint density at radius 3 is 2.90 bits per heavy atom. The molecule has 6 heteroatoms. The van der Waals surface area contributed by atoms with Crippen LogP contribution in [0.4, 0.5) is 0 Å². The van der Waals surface area contributed by atoms with Crippen LogP contribution in [-0.2, 0) is 0 Å². The summed E-state index contributed by atoms with van der Waals surface area (Å²) in [7, 11) is 0. The normalized spacial score (nSPS) is 14.4. The van der Waals surface area contributed by atoms with E-state index in [4.69, 9.17) is 5.73 Å². The van der Waals surface area contributed by atoms with Crippen molar-refractivity contribution in [2.75, 3.05) is 0 Å². The van der Waals surface area contributed by atoms with Crippen molar-refractivity contribution in [2.45, 2.75) is 29.8 Å². The zero-order valence-corrected chi connectivity index (χ0v) is 14.8. The van der Waals surface area contributed by atoms with Crippen LogP contribution in [0.15, 0.2) is 45.3 Å². The Morgan fingerprint density at radius 2 is 2.24 bits per heavy atom. The lowest BCUT2D eigenvalue weighted by Crippen LogP contribution is -2.25. The summed E-state index contributed by atoms with van der Waals surface area (Å²) in [4.78, 5) is 9.30. The van der Waals surface area contributed by atoms with E-state index in [1.807, 2.05) is 24.3 Å². The molecule has 0 amide bonds. The molecule has 0 aliphatic rings. The highest BCUT2D eigenvalue weighted by Crippen LogP contribution is 2.40. The van der Waals surface area contributed by atoms with Gasteiger partial charge in [0.25, 0.3) is 0 Å². The van der Waals surface area contributed by atoms with Crippen molar-refractivity contribution in [3.63, 3.8) is 0 Å². The second kappa shape index (κ2) is 6.52. The average Bonchev–Trinajstić information content (AvgIpc) is 3.09. The Morgan fingerprint density at radius 1 is 1.43 bits per heavy atom. The monoisotopic (exact) mass is 381 g/mol. The Kier molecular flexibility index (Phi) is 4.69. The van der Waals surface area contributed by atoms with Gasteiger partial charge in [-0.3, -0.25) is 0 Å². The Hall–Kier alpha value is -0.820. The number of thioether (sulfide) groups is 1. The molecule has 2 atom stereocenters. The predicted molar refractivity (Wildman–Crippen MR) is 95.0 cm³/mol. The zero-order chi connectivity index (χ0) is 14.8. The molecule has 0 saturated carbocycles. The second-order valence-electron chi connectivity index (χ2n) is 4.84. The lowest BCUT2D eigenvalue weighted by Gasteiger charge is -2.20. The maximum absolute atomic E-state index is 6.33. The summed E-state index contributed by atoms with van der Waals surface area (Å²) in [5.74, 6) is 0. The van der Waals surface area contributed by atoms with Gasteiger partial charge in [-0.15, -0.1) is 11.3 Å². The Bertz CT molecular complexity index is 704. The number of benzene rings is 1. The van der Waals surface area contributed by atoms with E-state index < -0.39 is 0 Å². The van der Waals surface area contributed by atoms with E-state index in [1.165, 1.54) is 4.88 Å². The SMILES string of the molecule is CCC(N)C(Sc1nc2ccccc2[nH]1)c1cc(Br)cs1. The first-order valence-electron chi connectivity index (χ1n) is 6.78. The molecule has 0 bridgehead atoms. The standard InChI is InChI=1S/C15H16BrN3S2/c1-2-10(17)14(13-7-9(16)8-20-13)21-15-18-11-5-3-4-6-12(11)19-15/h3-8,10,14H,2,17H2,1H3,(H,18,19). The second-order valence-corrected chi connectivity index (χ2v) is 7.83. The maximum atomic E-state index is 6.33. The summed E-state index contributed by atoms with van der Waals surface area (Å²) >= 11 is 6.97. The van der Waals surface area contributed by atoms with Crippen LogP contribution in [-0.4, -0.2) is 16.0 Å². The van der Waals surface area contributed by atoms with E-state index in [0.717, 1.165) is 27.1 Å². The highest BCUT2D eigenvalue weighted by atomic mass is 79.9. The number of para-hydroxylation sites is 2. The minimum atomic E-state index is 0.105. The molecule has 0 aliphatic carbocycles. The smallest absolute Gasteiger partial charge is 0.167 e. The quantitative estimate of drug-likeness (QED) is 0.614. The van der Waals surface area contributed by atoms with Crippen LogP contribution in [0.1, 0.15) is 23.5 Å². The van der Waals surface area contributed by atoms with Crippen LogP contribution >= 0.6 is 39.0 Å². The molecule has 2 aromatic heterocycles. The van der Waals surface area contributed by atoms with Gasteiger partial charge in [-0.2, -0.15) is 0 Å². The number of hydrogen-bond donors (Lipinski definition) is 2. The molecule has 0 aliphatic heterocycles. The number of fused-ring (bicyclic) bond motifs is 1. The van der Waals surface area contributed by atoms with Gasteiger partial charge >= 0.3 is 0 Å². The number of nitrogens with two attached hydrogens (primary N) is 1. The fraction of sp³-hybridized carbons (Fsp3) is 0.267. The van der Waals surface area contributed by atoms with E-state index in [1.54, 1.807) is 23.1 Å². The Labute approximate surface area is 140 Å². The molecule has 2 unspecified atom stereocenters. The molecule has 0 fully saturated rings. The van der Waals surface area contributed by atoms with Crippen LogP contribution in [0, 0.1) is 0 Å².